The zero-order valence-corrected chi connectivity index (χ0v) is 8.50. The molecule has 2 rings (SSSR count). The second kappa shape index (κ2) is 4.60. The highest BCUT2D eigenvalue weighted by Crippen LogP contribution is 2.32. The summed E-state index contributed by atoms with van der Waals surface area (Å²) in [5, 5.41) is 16.0. The van der Waals surface area contributed by atoms with Crippen LogP contribution in [0.5, 0.6) is 0 Å². The SMILES string of the molecule is OCc1[nH]ncc1C1CCCCCC1. The third kappa shape index (κ3) is 1.98. The molecule has 3 heteroatoms. The number of rotatable bonds is 2. The van der Waals surface area contributed by atoms with Gasteiger partial charge in [0.1, 0.15) is 0 Å². The van der Waals surface area contributed by atoms with Crippen molar-refractivity contribution in [3.8, 4) is 0 Å². The van der Waals surface area contributed by atoms with Gasteiger partial charge < -0.3 is 5.11 Å². The van der Waals surface area contributed by atoms with Crippen LogP contribution in [0.4, 0.5) is 0 Å². The van der Waals surface area contributed by atoms with E-state index < -0.39 is 0 Å². The molecule has 78 valence electrons. The zero-order chi connectivity index (χ0) is 9.80. The molecule has 0 aromatic carbocycles. The van der Waals surface area contributed by atoms with Gasteiger partial charge in [0.25, 0.3) is 0 Å². The van der Waals surface area contributed by atoms with E-state index in [-0.39, 0.29) is 6.61 Å². The van der Waals surface area contributed by atoms with Crippen molar-refractivity contribution in [2.24, 2.45) is 0 Å². The number of aliphatic hydroxyl groups excluding tert-OH is 1. The van der Waals surface area contributed by atoms with Crippen molar-refractivity contribution in [1.29, 1.82) is 0 Å². The maximum absolute atomic E-state index is 9.14. The monoisotopic (exact) mass is 194 g/mol. The average molecular weight is 194 g/mol. The summed E-state index contributed by atoms with van der Waals surface area (Å²) in [6.07, 6.45) is 9.77. The van der Waals surface area contributed by atoms with E-state index in [4.69, 9.17) is 5.11 Å². The van der Waals surface area contributed by atoms with Crippen LogP contribution in [0.3, 0.4) is 0 Å². The molecular formula is C11H18N2O. The van der Waals surface area contributed by atoms with Gasteiger partial charge in [-0.1, -0.05) is 25.7 Å². The van der Waals surface area contributed by atoms with Gasteiger partial charge in [-0.05, 0) is 24.3 Å². The van der Waals surface area contributed by atoms with E-state index in [0.717, 1.165) is 5.69 Å². The third-order valence-corrected chi connectivity index (χ3v) is 3.20. The quantitative estimate of drug-likeness (QED) is 0.710. The van der Waals surface area contributed by atoms with Crippen molar-refractivity contribution < 1.29 is 5.11 Å². The van der Waals surface area contributed by atoms with E-state index in [2.05, 4.69) is 10.2 Å². The summed E-state index contributed by atoms with van der Waals surface area (Å²) in [7, 11) is 0. The van der Waals surface area contributed by atoms with Crippen molar-refractivity contribution in [2.45, 2.75) is 51.0 Å². The minimum absolute atomic E-state index is 0.0891. The molecule has 3 nitrogen and oxygen atoms in total. The van der Waals surface area contributed by atoms with Crippen LogP contribution in [0.2, 0.25) is 0 Å². The van der Waals surface area contributed by atoms with Crippen LogP contribution in [-0.2, 0) is 6.61 Å². The van der Waals surface area contributed by atoms with Crippen LogP contribution in [-0.4, -0.2) is 15.3 Å². The van der Waals surface area contributed by atoms with Crippen LogP contribution >= 0.6 is 0 Å². The molecule has 0 atom stereocenters. The molecule has 1 aromatic heterocycles. The molecule has 2 N–H and O–H groups in total. The minimum atomic E-state index is 0.0891. The summed E-state index contributed by atoms with van der Waals surface area (Å²) in [4.78, 5) is 0. The van der Waals surface area contributed by atoms with Gasteiger partial charge in [-0.25, -0.2) is 0 Å². The normalized spacial score (nSPS) is 19.5. The van der Waals surface area contributed by atoms with Crippen LogP contribution in [0.1, 0.15) is 55.7 Å². The Balaban J connectivity index is 2.11. The summed E-state index contributed by atoms with van der Waals surface area (Å²) in [6.45, 7) is 0.0891. The van der Waals surface area contributed by atoms with E-state index in [0.29, 0.717) is 5.92 Å². The van der Waals surface area contributed by atoms with Gasteiger partial charge in [-0.2, -0.15) is 5.10 Å². The highest BCUT2D eigenvalue weighted by molar-refractivity contribution is 5.20. The second-order valence-corrected chi connectivity index (χ2v) is 4.15. The van der Waals surface area contributed by atoms with Crippen LogP contribution < -0.4 is 0 Å². The van der Waals surface area contributed by atoms with Crippen molar-refractivity contribution in [3.63, 3.8) is 0 Å². The van der Waals surface area contributed by atoms with Gasteiger partial charge in [-0.3, -0.25) is 5.10 Å². The van der Waals surface area contributed by atoms with Gasteiger partial charge in [-0.15, -0.1) is 0 Å². The molecule has 1 saturated carbocycles. The Morgan fingerprint density at radius 1 is 1.29 bits per heavy atom. The molecule has 1 heterocycles. The summed E-state index contributed by atoms with van der Waals surface area (Å²) >= 11 is 0. The fourth-order valence-electron chi connectivity index (χ4n) is 2.39. The lowest BCUT2D eigenvalue weighted by Crippen LogP contribution is -2.00. The van der Waals surface area contributed by atoms with Gasteiger partial charge in [0.2, 0.25) is 0 Å². The molecule has 0 unspecified atom stereocenters. The minimum Gasteiger partial charge on any atom is -0.390 e. The van der Waals surface area contributed by atoms with Gasteiger partial charge in [0.05, 0.1) is 18.5 Å². The molecule has 0 bridgehead atoms. The second-order valence-electron chi connectivity index (χ2n) is 4.15. The Morgan fingerprint density at radius 2 is 2.00 bits per heavy atom. The standard InChI is InChI=1S/C11H18N2O/c14-8-11-10(7-12-13-11)9-5-3-1-2-4-6-9/h7,9,14H,1-6,8H2,(H,12,13). The van der Waals surface area contributed by atoms with Crippen LogP contribution in [0.25, 0.3) is 0 Å². The van der Waals surface area contributed by atoms with Crippen molar-refractivity contribution in [2.75, 3.05) is 0 Å². The maximum Gasteiger partial charge on any atom is 0.0850 e. The molecule has 0 saturated heterocycles. The lowest BCUT2D eigenvalue weighted by molar-refractivity contribution is 0.274. The molecule has 0 amide bonds. The molecule has 0 radical (unpaired) electrons. The number of aliphatic hydroxyl groups is 1. The summed E-state index contributed by atoms with van der Waals surface area (Å²) in [6, 6.07) is 0. The first-order chi connectivity index (χ1) is 6.92. The predicted octanol–water partition coefficient (Wildman–Crippen LogP) is 2.34. The molecule has 0 spiro atoms. The van der Waals surface area contributed by atoms with E-state index >= 15 is 0 Å². The number of aromatic amines is 1. The smallest absolute Gasteiger partial charge is 0.0850 e. The third-order valence-electron chi connectivity index (χ3n) is 3.20. The van der Waals surface area contributed by atoms with Gasteiger partial charge in [0, 0.05) is 0 Å². The van der Waals surface area contributed by atoms with Gasteiger partial charge >= 0.3 is 0 Å². The van der Waals surface area contributed by atoms with Gasteiger partial charge in [0.15, 0.2) is 0 Å². The maximum atomic E-state index is 9.14. The lowest BCUT2D eigenvalue weighted by Gasteiger charge is -2.13. The lowest BCUT2D eigenvalue weighted by atomic mass is 9.92. The Bertz CT molecular complexity index is 275. The Hall–Kier alpha value is -0.830. The van der Waals surface area contributed by atoms with E-state index in [1.54, 1.807) is 0 Å². The molecule has 1 aliphatic rings. The summed E-state index contributed by atoms with van der Waals surface area (Å²) in [5.74, 6) is 0.624. The first kappa shape index (κ1) is 9.71. The summed E-state index contributed by atoms with van der Waals surface area (Å²) < 4.78 is 0. The molecule has 1 aliphatic carbocycles. The molecule has 1 fully saturated rings. The van der Waals surface area contributed by atoms with Crippen molar-refractivity contribution in [1.82, 2.24) is 10.2 Å². The average Bonchev–Trinajstić information content (AvgIpc) is 2.52. The first-order valence-corrected chi connectivity index (χ1v) is 5.55. The molecule has 1 aromatic rings. The van der Waals surface area contributed by atoms with Crippen LogP contribution in [0, 0.1) is 0 Å². The largest absolute Gasteiger partial charge is 0.390 e. The van der Waals surface area contributed by atoms with E-state index in [9.17, 15) is 0 Å². The highest BCUT2D eigenvalue weighted by atomic mass is 16.3. The zero-order valence-electron chi connectivity index (χ0n) is 8.50. The number of hydrogen-bond acceptors (Lipinski definition) is 2. The van der Waals surface area contributed by atoms with E-state index in [1.807, 2.05) is 6.20 Å². The van der Waals surface area contributed by atoms with E-state index in [1.165, 1.54) is 44.1 Å². The number of nitrogens with one attached hydrogen (secondary N) is 1. The predicted molar refractivity (Wildman–Crippen MR) is 55.0 cm³/mol. The number of nitrogens with zero attached hydrogens (tertiary/aromatic N) is 1. The Kier molecular flexibility index (Phi) is 3.19. The number of hydrogen-bond donors (Lipinski definition) is 2. The highest BCUT2D eigenvalue weighted by Gasteiger charge is 2.18. The topological polar surface area (TPSA) is 48.9 Å². The van der Waals surface area contributed by atoms with Crippen molar-refractivity contribution in [3.05, 3.63) is 17.5 Å². The first-order valence-electron chi connectivity index (χ1n) is 5.55. The Morgan fingerprint density at radius 3 is 2.64 bits per heavy atom. The number of aromatic nitrogens is 2. The van der Waals surface area contributed by atoms with Crippen molar-refractivity contribution >= 4 is 0 Å². The Labute approximate surface area is 84.5 Å². The number of H-pyrrole nitrogens is 1. The van der Waals surface area contributed by atoms with Crippen LogP contribution in [0.15, 0.2) is 6.20 Å². The molecule has 0 aliphatic heterocycles. The fraction of sp³-hybridized carbons (Fsp3) is 0.727. The molecular weight excluding hydrogens is 176 g/mol. The fourth-order valence-corrected chi connectivity index (χ4v) is 2.39. The molecule has 14 heavy (non-hydrogen) atoms. The summed E-state index contributed by atoms with van der Waals surface area (Å²) in [5.41, 5.74) is 2.16.